The van der Waals surface area contributed by atoms with Gasteiger partial charge in [-0.15, -0.1) is 0 Å². The zero-order valence-electron chi connectivity index (χ0n) is 34.2. The minimum Gasteiger partial charge on any atom is -0.493 e. The molecule has 2 aromatic carbocycles. The Morgan fingerprint density at radius 1 is 0.600 bits per heavy atom. The van der Waals surface area contributed by atoms with Crippen molar-refractivity contribution in [1.29, 1.82) is 0 Å². The number of aliphatic imine (C=N–C) groups is 2. The fourth-order valence-corrected chi connectivity index (χ4v) is 9.01. The molecule has 2 saturated carbocycles. The number of carbonyl (C=O) groups excluding carboxylic acids is 3. The summed E-state index contributed by atoms with van der Waals surface area (Å²) in [5.41, 5.74) is 6.90. The van der Waals surface area contributed by atoms with E-state index < -0.39 is 29.9 Å². The second kappa shape index (κ2) is 17.9. The Morgan fingerprint density at radius 2 is 1.07 bits per heavy atom. The molecule has 2 aromatic heterocycles. The Labute approximate surface area is 348 Å². The van der Waals surface area contributed by atoms with Crippen molar-refractivity contribution in [2.75, 3.05) is 27.4 Å². The standard InChI is InChI=1S/C45H48N6O9/c1-5-57-40-15-29-31-13-27(7-9-35(31)50-43(25-19-46-23-47-20-25)33(29)17-38(40)55-3)59-42(53)12-11-37(52)45(54)60-28-8-10-36-32(14-28)30-16-41(58-6-2)39(56-4)18-34(30)44(51-36)26-21-48-24-49-22-26/h15-24,27-28,31-32,35-36H,5-14H2,1-4H3/t27-,28-,31-,32-,35-,36-/m1/s1. The molecule has 4 aliphatic rings. The Balaban J connectivity index is 0.896. The van der Waals surface area contributed by atoms with Crippen LogP contribution in [0.4, 0.5) is 0 Å². The lowest BCUT2D eigenvalue weighted by molar-refractivity contribution is -0.160. The van der Waals surface area contributed by atoms with E-state index in [1.54, 1.807) is 39.0 Å². The van der Waals surface area contributed by atoms with Gasteiger partial charge < -0.3 is 28.4 Å². The molecule has 0 unspecified atom stereocenters. The first-order valence-corrected chi connectivity index (χ1v) is 20.6. The molecule has 2 aliphatic heterocycles. The number of hydrogen-bond donors (Lipinski definition) is 0. The molecule has 0 spiro atoms. The number of aromatic nitrogens is 4. The summed E-state index contributed by atoms with van der Waals surface area (Å²) in [5, 5.41) is 0. The average Bonchev–Trinajstić information content (AvgIpc) is 3.28. The van der Waals surface area contributed by atoms with E-state index in [9.17, 15) is 14.4 Å². The average molecular weight is 817 g/mol. The van der Waals surface area contributed by atoms with Gasteiger partial charge in [0.2, 0.25) is 5.78 Å². The molecular weight excluding hydrogens is 769 g/mol. The molecule has 0 saturated heterocycles. The van der Waals surface area contributed by atoms with E-state index in [4.69, 9.17) is 38.4 Å². The number of ether oxygens (including phenoxy) is 6. The minimum atomic E-state index is -0.949. The van der Waals surface area contributed by atoms with Gasteiger partial charge in [0, 0.05) is 65.3 Å². The molecule has 0 bridgehead atoms. The van der Waals surface area contributed by atoms with Crippen LogP contribution in [0.15, 0.2) is 71.7 Å². The molecule has 4 aromatic rings. The lowest BCUT2D eigenvalue weighted by atomic mass is 9.74. The van der Waals surface area contributed by atoms with E-state index in [0.29, 0.717) is 74.7 Å². The van der Waals surface area contributed by atoms with Crippen LogP contribution in [0.5, 0.6) is 23.0 Å². The van der Waals surface area contributed by atoms with Gasteiger partial charge in [0.15, 0.2) is 23.0 Å². The number of hydrogen-bond acceptors (Lipinski definition) is 15. The van der Waals surface area contributed by atoms with Crippen LogP contribution >= 0.6 is 0 Å². The number of methoxy groups -OCH3 is 2. The number of ketones is 1. The molecule has 312 valence electrons. The fourth-order valence-electron chi connectivity index (χ4n) is 9.01. The highest BCUT2D eigenvalue weighted by Crippen LogP contribution is 2.47. The van der Waals surface area contributed by atoms with Gasteiger partial charge in [-0.2, -0.15) is 0 Å². The number of rotatable bonds is 14. The van der Waals surface area contributed by atoms with Crippen LogP contribution in [0, 0.1) is 0 Å². The molecule has 2 aliphatic carbocycles. The molecule has 4 heterocycles. The summed E-state index contributed by atoms with van der Waals surface area (Å²) < 4.78 is 35.0. The lowest BCUT2D eigenvalue weighted by Gasteiger charge is -2.38. The molecule has 2 fully saturated rings. The Kier molecular flexibility index (Phi) is 12.1. The highest BCUT2D eigenvalue weighted by molar-refractivity contribution is 6.33. The fraction of sp³-hybridized carbons (Fsp3) is 0.444. The first kappa shape index (κ1) is 40.5. The largest absolute Gasteiger partial charge is 0.493 e. The van der Waals surface area contributed by atoms with Gasteiger partial charge in [0.25, 0.3) is 0 Å². The van der Waals surface area contributed by atoms with Crippen molar-refractivity contribution in [3.63, 3.8) is 0 Å². The zero-order chi connectivity index (χ0) is 41.8. The van der Waals surface area contributed by atoms with E-state index in [0.717, 1.165) is 44.8 Å². The van der Waals surface area contributed by atoms with Crippen molar-refractivity contribution in [3.05, 3.63) is 95.1 Å². The smallest absolute Gasteiger partial charge is 0.374 e. The zero-order valence-corrected chi connectivity index (χ0v) is 34.2. The SMILES string of the molecule is CCOc1cc2c(cc1OC)C(c1cncnc1)=N[C@@H]1CC[C@@H](OC(=O)CCC(=O)C(=O)O[C@@H]3CC[C@H]4N=C(c5cncnc5)c5cc(OC)c(OCC)cc5[C@H]4C3)C[C@H]21. The summed E-state index contributed by atoms with van der Waals surface area (Å²) >= 11 is 0. The molecule has 60 heavy (non-hydrogen) atoms. The van der Waals surface area contributed by atoms with E-state index in [-0.39, 0.29) is 36.8 Å². The van der Waals surface area contributed by atoms with Gasteiger partial charge in [-0.25, -0.2) is 24.7 Å². The van der Waals surface area contributed by atoms with Crippen molar-refractivity contribution in [3.8, 4) is 23.0 Å². The summed E-state index contributed by atoms with van der Waals surface area (Å²) in [6.45, 7) is 4.75. The lowest BCUT2D eigenvalue weighted by Crippen LogP contribution is -2.37. The van der Waals surface area contributed by atoms with Gasteiger partial charge in [-0.1, -0.05) is 0 Å². The van der Waals surface area contributed by atoms with Crippen LogP contribution < -0.4 is 18.9 Å². The van der Waals surface area contributed by atoms with Gasteiger partial charge in [0.1, 0.15) is 24.9 Å². The van der Waals surface area contributed by atoms with E-state index in [1.165, 1.54) is 12.7 Å². The number of fused-ring (bicyclic) bond motifs is 6. The summed E-state index contributed by atoms with van der Waals surface area (Å²) in [4.78, 5) is 66.6. The van der Waals surface area contributed by atoms with E-state index >= 15 is 0 Å². The van der Waals surface area contributed by atoms with E-state index in [2.05, 4.69) is 19.9 Å². The predicted molar refractivity (Wildman–Crippen MR) is 218 cm³/mol. The third-order valence-corrected chi connectivity index (χ3v) is 11.7. The molecule has 0 radical (unpaired) electrons. The number of Topliss-reactive ketones (excluding diaryl/α,β-unsaturated/α-hetero) is 1. The van der Waals surface area contributed by atoms with Gasteiger partial charge in [-0.3, -0.25) is 19.6 Å². The van der Waals surface area contributed by atoms with Crippen molar-refractivity contribution in [1.82, 2.24) is 19.9 Å². The second-order valence-corrected chi connectivity index (χ2v) is 15.3. The van der Waals surface area contributed by atoms with Crippen LogP contribution in [0.2, 0.25) is 0 Å². The highest BCUT2D eigenvalue weighted by atomic mass is 16.6. The van der Waals surface area contributed by atoms with Crippen LogP contribution in [-0.2, 0) is 23.9 Å². The molecule has 15 heteroatoms. The summed E-state index contributed by atoms with van der Waals surface area (Å²) in [7, 11) is 3.19. The molecule has 0 amide bonds. The van der Waals surface area contributed by atoms with Crippen molar-refractivity contribution in [2.24, 2.45) is 9.98 Å². The molecule has 0 N–H and O–H groups in total. The van der Waals surface area contributed by atoms with Crippen LogP contribution in [-0.4, -0.2) is 101 Å². The summed E-state index contributed by atoms with van der Waals surface area (Å²) in [6.07, 6.45) is 11.9. The number of nitrogens with zero attached hydrogens (tertiary/aromatic N) is 6. The van der Waals surface area contributed by atoms with Gasteiger partial charge >= 0.3 is 11.9 Å². The van der Waals surface area contributed by atoms with Crippen LogP contribution in [0.1, 0.15) is 110 Å². The highest BCUT2D eigenvalue weighted by Gasteiger charge is 2.41. The van der Waals surface area contributed by atoms with Gasteiger partial charge in [0.05, 0.1) is 57.4 Å². The maximum atomic E-state index is 13.2. The van der Waals surface area contributed by atoms with Crippen LogP contribution in [0.25, 0.3) is 0 Å². The topological polar surface area (TPSA) is 183 Å². The van der Waals surface area contributed by atoms with Crippen molar-refractivity contribution >= 4 is 29.1 Å². The normalized spacial score (nSPS) is 22.6. The van der Waals surface area contributed by atoms with Crippen molar-refractivity contribution < 1.29 is 42.8 Å². The maximum Gasteiger partial charge on any atom is 0.374 e. The summed E-state index contributed by atoms with van der Waals surface area (Å²) in [5.74, 6) is 0.00274. The summed E-state index contributed by atoms with van der Waals surface area (Å²) in [6, 6.07) is 7.69. The first-order chi connectivity index (χ1) is 29.3. The third kappa shape index (κ3) is 8.30. The minimum absolute atomic E-state index is 0.0507. The third-order valence-electron chi connectivity index (χ3n) is 11.7. The Bertz CT molecular complexity index is 2300. The maximum absolute atomic E-state index is 13.2. The Morgan fingerprint density at radius 3 is 1.52 bits per heavy atom. The molecule has 8 rings (SSSR count). The predicted octanol–water partition coefficient (Wildman–Crippen LogP) is 5.93. The number of carbonyl (C=O) groups is 3. The molecule has 6 atom stereocenters. The quantitative estimate of drug-likeness (QED) is 0.108. The Hall–Kier alpha value is -6.25. The molecular formula is C45H48N6O9. The van der Waals surface area contributed by atoms with Crippen molar-refractivity contribution in [2.45, 2.75) is 101 Å². The second-order valence-electron chi connectivity index (χ2n) is 15.3. The number of esters is 2. The van der Waals surface area contributed by atoms with Gasteiger partial charge in [-0.05, 0) is 87.8 Å². The number of benzene rings is 2. The monoisotopic (exact) mass is 816 g/mol. The van der Waals surface area contributed by atoms with E-state index in [1.807, 2.05) is 38.1 Å². The first-order valence-electron chi connectivity index (χ1n) is 20.6. The molecule has 15 nitrogen and oxygen atoms in total. The van der Waals surface area contributed by atoms with Crippen LogP contribution in [0.3, 0.4) is 0 Å².